The number of amides is 1. The van der Waals surface area contributed by atoms with E-state index < -0.39 is 16.8 Å². The lowest BCUT2D eigenvalue weighted by atomic mass is 10.2. The maximum atomic E-state index is 12.8. The molecule has 0 bridgehead atoms. The third-order valence-corrected chi connectivity index (χ3v) is 4.23. The molecule has 9 heteroatoms. The molecule has 0 radical (unpaired) electrons. The monoisotopic (exact) mass is 395 g/mol. The highest BCUT2D eigenvalue weighted by Crippen LogP contribution is 2.36. The van der Waals surface area contributed by atoms with Crippen molar-refractivity contribution in [3.63, 3.8) is 0 Å². The highest BCUT2D eigenvalue weighted by molar-refractivity contribution is 6.31. The topological polar surface area (TPSA) is 35.6 Å². The van der Waals surface area contributed by atoms with Gasteiger partial charge in [-0.1, -0.05) is 29.8 Å². The van der Waals surface area contributed by atoms with Crippen LogP contribution in [0.15, 0.2) is 29.8 Å². The van der Waals surface area contributed by atoms with E-state index in [1.807, 2.05) is 4.90 Å². The van der Waals surface area contributed by atoms with Crippen LogP contribution in [0.25, 0.3) is 0 Å². The number of rotatable bonds is 5. The number of hydrogen-bond donors (Lipinski definition) is 1. The Labute approximate surface area is 154 Å². The van der Waals surface area contributed by atoms with E-state index >= 15 is 0 Å². The van der Waals surface area contributed by atoms with E-state index in [1.165, 1.54) is 6.07 Å². The lowest BCUT2D eigenvalue weighted by Crippen LogP contribution is -2.48. The second-order valence-corrected chi connectivity index (χ2v) is 6.75. The van der Waals surface area contributed by atoms with Crippen LogP contribution >= 0.6 is 23.2 Å². The molecule has 2 rings (SSSR count). The predicted molar refractivity (Wildman–Crippen MR) is 93.0 cm³/mol. The van der Waals surface area contributed by atoms with Gasteiger partial charge in [0.2, 0.25) is 5.91 Å². The van der Waals surface area contributed by atoms with Crippen molar-refractivity contribution in [3.05, 3.63) is 40.4 Å². The molecule has 1 aliphatic heterocycles. The summed E-state index contributed by atoms with van der Waals surface area (Å²) >= 11 is 11.3. The number of halogens is 5. The number of nitrogens with zero attached hydrogens (tertiary/aromatic N) is 2. The van der Waals surface area contributed by atoms with Crippen LogP contribution in [-0.2, 0) is 11.0 Å². The van der Waals surface area contributed by atoms with Gasteiger partial charge in [-0.15, -0.1) is 0 Å². The number of alkyl halides is 3. The number of benzene rings is 1. The van der Waals surface area contributed by atoms with Crippen molar-refractivity contribution in [1.82, 2.24) is 9.80 Å². The number of piperazine rings is 1. The molecular weight excluding hydrogens is 378 g/mol. The lowest BCUT2D eigenvalue weighted by Gasteiger charge is -2.34. The Morgan fingerprint density at radius 3 is 2.24 bits per heavy atom. The Bertz CT molecular complexity index is 644. The zero-order valence-corrected chi connectivity index (χ0v) is 14.9. The molecule has 1 saturated heterocycles. The summed E-state index contributed by atoms with van der Waals surface area (Å²) < 4.78 is 38.5. The number of carbonyl (C=O) groups excluding carboxylic acids is 1. The van der Waals surface area contributed by atoms with E-state index in [0.29, 0.717) is 24.7 Å². The maximum absolute atomic E-state index is 12.8. The first-order valence-electron chi connectivity index (χ1n) is 7.60. The molecule has 138 valence electrons. The molecule has 1 heterocycles. The van der Waals surface area contributed by atoms with Crippen LogP contribution in [0.5, 0.6) is 0 Å². The van der Waals surface area contributed by atoms with Gasteiger partial charge in [0, 0.05) is 43.4 Å². The summed E-state index contributed by atoms with van der Waals surface area (Å²) in [7, 11) is 0. The van der Waals surface area contributed by atoms with Gasteiger partial charge in [0.1, 0.15) is 0 Å². The number of hydrogen-bond acceptors (Lipinski definition) is 3. The van der Waals surface area contributed by atoms with E-state index in [0.717, 1.165) is 25.2 Å². The molecule has 25 heavy (non-hydrogen) atoms. The fraction of sp³-hybridized carbons (Fsp3) is 0.438. The van der Waals surface area contributed by atoms with Gasteiger partial charge in [-0.05, 0) is 18.2 Å². The average molecular weight is 396 g/mol. The highest BCUT2D eigenvalue weighted by atomic mass is 35.5. The van der Waals surface area contributed by atoms with E-state index in [1.54, 1.807) is 0 Å². The summed E-state index contributed by atoms with van der Waals surface area (Å²) in [4.78, 5) is 16.1. The smallest absolute Gasteiger partial charge is 0.325 e. The third kappa shape index (κ3) is 6.18. The Morgan fingerprint density at radius 2 is 1.72 bits per heavy atom. The normalized spacial score (nSPS) is 16.7. The van der Waals surface area contributed by atoms with Gasteiger partial charge in [0.15, 0.2) is 0 Å². The zero-order chi connectivity index (χ0) is 18.6. The Hall–Kier alpha value is -1.28. The maximum Gasteiger partial charge on any atom is 0.417 e. The van der Waals surface area contributed by atoms with Crippen molar-refractivity contribution in [3.8, 4) is 0 Å². The molecule has 4 nitrogen and oxygen atoms in total. The van der Waals surface area contributed by atoms with Crippen LogP contribution in [0.1, 0.15) is 5.56 Å². The minimum Gasteiger partial charge on any atom is -0.325 e. The molecule has 0 spiro atoms. The fourth-order valence-electron chi connectivity index (χ4n) is 2.57. The highest BCUT2D eigenvalue weighted by Gasteiger charge is 2.33. The quantitative estimate of drug-likeness (QED) is 0.825. The van der Waals surface area contributed by atoms with Crippen LogP contribution in [0.2, 0.25) is 5.02 Å². The zero-order valence-electron chi connectivity index (χ0n) is 13.4. The third-order valence-electron chi connectivity index (χ3n) is 3.78. The van der Waals surface area contributed by atoms with Crippen molar-refractivity contribution in [2.24, 2.45) is 0 Å². The van der Waals surface area contributed by atoms with Crippen LogP contribution in [-0.4, -0.2) is 55.0 Å². The van der Waals surface area contributed by atoms with Crippen LogP contribution in [0, 0.1) is 0 Å². The molecule has 1 amide bonds. The number of anilines is 1. The van der Waals surface area contributed by atoms with Gasteiger partial charge in [-0.25, -0.2) is 0 Å². The summed E-state index contributed by atoms with van der Waals surface area (Å²) in [5, 5.41) is 2.65. The molecule has 1 aliphatic rings. The largest absolute Gasteiger partial charge is 0.417 e. The van der Waals surface area contributed by atoms with Crippen LogP contribution in [0.4, 0.5) is 18.9 Å². The first kappa shape index (κ1) is 20.0. The van der Waals surface area contributed by atoms with Gasteiger partial charge in [0.05, 0.1) is 17.1 Å². The van der Waals surface area contributed by atoms with Gasteiger partial charge >= 0.3 is 6.18 Å². The van der Waals surface area contributed by atoms with Crippen LogP contribution < -0.4 is 5.32 Å². The molecule has 0 unspecified atom stereocenters. The summed E-state index contributed by atoms with van der Waals surface area (Å²) in [6, 6.07) is 3.31. The minimum atomic E-state index is -4.57. The summed E-state index contributed by atoms with van der Waals surface area (Å²) in [5.41, 5.74) is -0.902. The molecule has 0 atom stereocenters. The standard InChI is InChI=1S/C16H18Cl2F3N3O/c1-11(17)9-23-4-6-24(7-5-23)10-15(25)22-12-2-3-14(18)13(8-12)16(19,20)21/h2-3,8H,1,4-7,9-10H2,(H,22,25). The molecule has 0 saturated carbocycles. The minimum absolute atomic E-state index is 0.0683. The molecule has 1 N–H and O–H groups in total. The number of nitrogens with one attached hydrogen (secondary N) is 1. The lowest BCUT2D eigenvalue weighted by molar-refractivity contribution is -0.137. The second-order valence-electron chi connectivity index (χ2n) is 5.81. The molecule has 1 fully saturated rings. The Morgan fingerprint density at radius 1 is 1.16 bits per heavy atom. The predicted octanol–water partition coefficient (Wildman–Crippen LogP) is 3.67. The van der Waals surface area contributed by atoms with Gasteiger partial charge in [-0.3, -0.25) is 14.6 Å². The fourth-order valence-corrected chi connectivity index (χ4v) is 2.97. The van der Waals surface area contributed by atoms with Gasteiger partial charge in [-0.2, -0.15) is 13.2 Å². The summed E-state index contributed by atoms with van der Waals surface area (Å²) in [6.45, 7) is 7.21. The van der Waals surface area contributed by atoms with Crippen molar-refractivity contribution < 1.29 is 18.0 Å². The molecular formula is C16H18Cl2F3N3O. The van der Waals surface area contributed by atoms with E-state index in [-0.39, 0.29) is 18.1 Å². The average Bonchev–Trinajstić information content (AvgIpc) is 2.49. The van der Waals surface area contributed by atoms with Crippen molar-refractivity contribution in [1.29, 1.82) is 0 Å². The summed E-state index contributed by atoms with van der Waals surface area (Å²) in [5.74, 6) is -0.370. The molecule has 1 aromatic carbocycles. The molecule has 0 aromatic heterocycles. The van der Waals surface area contributed by atoms with E-state index in [4.69, 9.17) is 23.2 Å². The van der Waals surface area contributed by atoms with Crippen molar-refractivity contribution in [2.45, 2.75) is 6.18 Å². The number of carbonyl (C=O) groups is 1. The Balaban J connectivity index is 1.88. The van der Waals surface area contributed by atoms with Crippen molar-refractivity contribution in [2.75, 3.05) is 44.6 Å². The summed E-state index contributed by atoms with van der Waals surface area (Å²) in [6.07, 6.45) is -4.57. The Kier molecular flexibility index (Phi) is 6.73. The first-order valence-corrected chi connectivity index (χ1v) is 8.35. The molecule has 1 aromatic rings. The van der Waals surface area contributed by atoms with Crippen LogP contribution in [0.3, 0.4) is 0 Å². The SMILES string of the molecule is C=C(Cl)CN1CCN(CC(=O)Nc2ccc(Cl)c(C(F)(F)F)c2)CC1. The van der Waals surface area contributed by atoms with Gasteiger partial charge in [0.25, 0.3) is 0 Å². The molecule has 0 aliphatic carbocycles. The van der Waals surface area contributed by atoms with Gasteiger partial charge < -0.3 is 5.32 Å². The van der Waals surface area contributed by atoms with Crippen molar-refractivity contribution >= 4 is 34.8 Å². The first-order chi connectivity index (χ1) is 11.6. The second kappa shape index (κ2) is 8.40. The van der Waals surface area contributed by atoms with E-state index in [9.17, 15) is 18.0 Å². The van der Waals surface area contributed by atoms with E-state index in [2.05, 4.69) is 16.8 Å².